The van der Waals surface area contributed by atoms with Gasteiger partial charge in [0.1, 0.15) is 11.0 Å². The molecular weight excluding hydrogens is 202 g/mol. The van der Waals surface area contributed by atoms with Crippen molar-refractivity contribution < 1.29 is 4.79 Å². The fraction of sp³-hybridized carbons (Fsp3) is 0.333. The zero-order valence-electron chi connectivity index (χ0n) is 7.75. The quantitative estimate of drug-likeness (QED) is 0.649. The third-order valence-corrected chi connectivity index (χ3v) is 2.39. The Morgan fingerprint density at radius 3 is 3.14 bits per heavy atom. The number of carbonyl (C=O) groups is 1. The van der Waals surface area contributed by atoms with E-state index in [4.69, 9.17) is 11.6 Å². The summed E-state index contributed by atoms with van der Waals surface area (Å²) in [6.45, 7) is 1.37. The Kier molecular flexibility index (Phi) is 2.29. The van der Waals surface area contributed by atoms with Crippen molar-refractivity contribution in [2.45, 2.75) is 0 Å². The van der Waals surface area contributed by atoms with Crippen molar-refractivity contribution in [3.8, 4) is 0 Å². The highest BCUT2D eigenvalue weighted by Crippen LogP contribution is 2.20. The van der Waals surface area contributed by atoms with Gasteiger partial charge in [-0.25, -0.2) is 4.98 Å². The fourth-order valence-electron chi connectivity index (χ4n) is 1.43. The van der Waals surface area contributed by atoms with Gasteiger partial charge in [0.15, 0.2) is 0 Å². The highest BCUT2D eigenvalue weighted by Gasteiger charge is 2.19. The molecule has 1 aliphatic heterocycles. The Morgan fingerprint density at radius 2 is 2.36 bits per heavy atom. The summed E-state index contributed by atoms with van der Waals surface area (Å²) in [4.78, 5) is 17.6. The minimum Gasteiger partial charge on any atom is -0.357 e. The molecule has 1 amide bonds. The standard InChI is InChI=1S/C9H10ClN3O/c1-13-5-4-11-9(14)6-2-3-7(10)12-8(6)13/h2-3H,4-5H2,1H3,(H,11,14). The van der Waals surface area contributed by atoms with Crippen molar-refractivity contribution in [2.24, 2.45) is 0 Å². The molecule has 0 aromatic carbocycles. The molecule has 1 aliphatic rings. The van der Waals surface area contributed by atoms with Gasteiger partial charge in [-0.3, -0.25) is 4.79 Å². The average Bonchev–Trinajstić information content (AvgIpc) is 2.28. The normalized spacial score (nSPS) is 15.9. The first-order chi connectivity index (χ1) is 6.68. The molecule has 14 heavy (non-hydrogen) atoms. The summed E-state index contributed by atoms with van der Waals surface area (Å²) in [6, 6.07) is 3.32. The smallest absolute Gasteiger partial charge is 0.255 e. The van der Waals surface area contributed by atoms with Crippen LogP contribution < -0.4 is 10.2 Å². The van der Waals surface area contributed by atoms with Crippen LogP contribution in [0, 0.1) is 0 Å². The van der Waals surface area contributed by atoms with Gasteiger partial charge in [0.2, 0.25) is 0 Å². The minimum absolute atomic E-state index is 0.0893. The molecule has 4 nitrogen and oxygen atoms in total. The summed E-state index contributed by atoms with van der Waals surface area (Å²) in [6.07, 6.45) is 0. The summed E-state index contributed by atoms with van der Waals surface area (Å²) in [7, 11) is 1.89. The van der Waals surface area contributed by atoms with E-state index < -0.39 is 0 Å². The maximum atomic E-state index is 11.5. The number of likely N-dealkylation sites (N-methyl/N-ethyl adjacent to an activating group) is 1. The number of nitrogens with one attached hydrogen (secondary N) is 1. The molecule has 1 N–H and O–H groups in total. The van der Waals surface area contributed by atoms with Gasteiger partial charge in [0, 0.05) is 20.1 Å². The first-order valence-corrected chi connectivity index (χ1v) is 4.72. The largest absolute Gasteiger partial charge is 0.357 e. The van der Waals surface area contributed by atoms with E-state index in [1.807, 2.05) is 11.9 Å². The van der Waals surface area contributed by atoms with Crippen LogP contribution in [-0.2, 0) is 0 Å². The number of hydrogen-bond donors (Lipinski definition) is 1. The number of aromatic nitrogens is 1. The van der Waals surface area contributed by atoms with Crippen LogP contribution in [0.3, 0.4) is 0 Å². The number of rotatable bonds is 0. The maximum Gasteiger partial charge on any atom is 0.255 e. The number of anilines is 1. The second-order valence-electron chi connectivity index (χ2n) is 3.18. The van der Waals surface area contributed by atoms with Gasteiger partial charge in [-0.2, -0.15) is 0 Å². The monoisotopic (exact) mass is 211 g/mol. The number of hydrogen-bond acceptors (Lipinski definition) is 3. The van der Waals surface area contributed by atoms with Crippen LogP contribution in [0.2, 0.25) is 5.15 Å². The highest BCUT2D eigenvalue weighted by atomic mass is 35.5. The lowest BCUT2D eigenvalue weighted by molar-refractivity contribution is 0.0958. The van der Waals surface area contributed by atoms with Crippen LogP contribution in [0.25, 0.3) is 0 Å². The van der Waals surface area contributed by atoms with E-state index in [1.54, 1.807) is 12.1 Å². The van der Waals surface area contributed by atoms with Gasteiger partial charge in [-0.1, -0.05) is 11.6 Å². The lowest BCUT2D eigenvalue weighted by Crippen LogP contribution is -2.27. The number of pyridine rings is 1. The third-order valence-electron chi connectivity index (χ3n) is 2.18. The molecule has 1 aromatic rings. The van der Waals surface area contributed by atoms with Crippen LogP contribution in [0.5, 0.6) is 0 Å². The zero-order chi connectivity index (χ0) is 10.1. The Labute approximate surface area is 86.9 Å². The Bertz CT molecular complexity index is 380. The van der Waals surface area contributed by atoms with Crippen molar-refractivity contribution in [1.29, 1.82) is 0 Å². The average molecular weight is 212 g/mol. The number of carbonyl (C=O) groups excluding carboxylic acids is 1. The van der Waals surface area contributed by atoms with Crippen molar-refractivity contribution >= 4 is 23.3 Å². The van der Waals surface area contributed by atoms with Crippen LogP contribution in [-0.4, -0.2) is 31.0 Å². The van der Waals surface area contributed by atoms with Crippen molar-refractivity contribution in [3.63, 3.8) is 0 Å². The molecule has 0 aliphatic carbocycles. The first kappa shape index (κ1) is 9.27. The van der Waals surface area contributed by atoms with Crippen molar-refractivity contribution in [2.75, 3.05) is 25.0 Å². The van der Waals surface area contributed by atoms with Gasteiger partial charge >= 0.3 is 0 Å². The van der Waals surface area contributed by atoms with E-state index in [0.29, 0.717) is 23.1 Å². The molecule has 0 bridgehead atoms. The zero-order valence-corrected chi connectivity index (χ0v) is 8.51. The second-order valence-corrected chi connectivity index (χ2v) is 3.57. The number of halogens is 1. The van der Waals surface area contributed by atoms with Crippen molar-refractivity contribution in [1.82, 2.24) is 10.3 Å². The molecule has 1 aromatic heterocycles. The van der Waals surface area contributed by atoms with Crippen LogP contribution in [0.1, 0.15) is 10.4 Å². The van der Waals surface area contributed by atoms with Gasteiger partial charge in [-0.05, 0) is 12.1 Å². The molecule has 5 heteroatoms. The number of fused-ring (bicyclic) bond motifs is 1. The Hall–Kier alpha value is -1.29. The number of nitrogens with zero attached hydrogens (tertiary/aromatic N) is 2. The number of amides is 1. The minimum atomic E-state index is -0.0893. The molecule has 0 unspecified atom stereocenters. The van der Waals surface area contributed by atoms with E-state index in [1.165, 1.54) is 0 Å². The first-order valence-electron chi connectivity index (χ1n) is 4.34. The van der Waals surface area contributed by atoms with Crippen LogP contribution in [0.4, 0.5) is 5.82 Å². The second kappa shape index (κ2) is 3.46. The van der Waals surface area contributed by atoms with E-state index >= 15 is 0 Å². The molecule has 0 saturated carbocycles. The molecule has 0 atom stereocenters. The van der Waals surface area contributed by atoms with Gasteiger partial charge in [-0.15, -0.1) is 0 Å². The molecular formula is C9H10ClN3O. The molecule has 2 heterocycles. The Morgan fingerprint density at radius 1 is 1.57 bits per heavy atom. The summed E-state index contributed by atoms with van der Waals surface area (Å²) in [5, 5.41) is 3.19. The van der Waals surface area contributed by atoms with Crippen molar-refractivity contribution in [3.05, 3.63) is 22.8 Å². The summed E-state index contributed by atoms with van der Waals surface area (Å²) < 4.78 is 0. The predicted octanol–water partition coefficient (Wildman–Crippen LogP) is 0.915. The van der Waals surface area contributed by atoms with Crippen LogP contribution in [0.15, 0.2) is 12.1 Å². The van der Waals surface area contributed by atoms with Gasteiger partial charge in [0.25, 0.3) is 5.91 Å². The molecule has 0 radical (unpaired) electrons. The molecule has 0 saturated heterocycles. The lowest BCUT2D eigenvalue weighted by atomic mass is 10.2. The van der Waals surface area contributed by atoms with E-state index in [2.05, 4.69) is 10.3 Å². The van der Waals surface area contributed by atoms with E-state index in [-0.39, 0.29) is 5.91 Å². The van der Waals surface area contributed by atoms with Gasteiger partial charge in [0.05, 0.1) is 5.56 Å². The lowest BCUT2D eigenvalue weighted by Gasteiger charge is -2.16. The fourth-order valence-corrected chi connectivity index (χ4v) is 1.57. The molecule has 74 valence electrons. The topological polar surface area (TPSA) is 45.2 Å². The predicted molar refractivity (Wildman–Crippen MR) is 54.9 cm³/mol. The molecule has 0 fully saturated rings. The molecule has 2 rings (SSSR count). The SMILES string of the molecule is CN1CCNC(=O)c2ccc(Cl)nc21. The third kappa shape index (κ3) is 1.53. The summed E-state index contributed by atoms with van der Waals surface area (Å²) in [5.74, 6) is 0.556. The summed E-state index contributed by atoms with van der Waals surface area (Å²) >= 11 is 5.77. The van der Waals surface area contributed by atoms with Crippen LogP contribution >= 0.6 is 11.6 Å². The maximum absolute atomic E-state index is 11.5. The summed E-state index contributed by atoms with van der Waals surface area (Å²) in [5.41, 5.74) is 0.578. The van der Waals surface area contributed by atoms with Gasteiger partial charge < -0.3 is 10.2 Å². The highest BCUT2D eigenvalue weighted by molar-refractivity contribution is 6.29. The Balaban J connectivity index is 2.54. The van der Waals surface area contributed by atoms with E-state index in [9.17, 15) is 4.79 Å². The molecule has 0 spiro atoms. The van der Waals surface area contributed by atoms with E-state index in [0.717, 1.165) is 6.54 Å².